The second kappa shape index (κ2) is 4.76. The van der Waals surface area contributed by atoms with E-state index in [9.17, 15) is 0 Å². The zero-order valence-corrected chi connectivity index (χ0v) is 8.65. The van der Waals surface area contributed by atoms with Gasteiger partial charge in [0, 0.05) is 11.9 Å². The summed E-state index contributed by atoms with van der Waals surface area (Å²) in [4.78, 5) is 4.27. The van der Waals surface area contributed by atoms with E-state index in [0.717, 1.165) is 6.42 Å². The van der Waals surface area contributed by atoms with Gasteiger partial charge < -0.3 is 0 Å². The van der Waals surface area contributed by atoms with Crippen LogP contribution in [0, 0.1) is 5.41 Å². The van der Waals surface area contributed by atoms with Gasteiger partial charge in [-0.15, -0.1) is 11.6 Å². The van der Waals surface area contributed by atoms with Crippen LogP contribution in [0.3, 0.4) is 0 Å². The SMILES string of the molecule is CC(C)N=CCC(C)(C)CCl. The fourth-order valence-electron chi connectivity index (χ4n) is 0.565. The lowest BCUT2D eigenvalue weighted by atomic mass is 9.93. The molecule has 0 unspecified atom stereocenters. The molecule has 0 amide bonds. The first kappa shape index (κ1) is 11.0. The third-order valence-corrected chi connectivity index (χ3v) is 2.13. The molecule has 66 valence electrons. The zero-order chi connectivity index (χ0) is 8.91. The first-order chi connectivity index (χ1) is 4.98. The van der Waals surface area contributed by atoms with Crippen LogP contribution in [0.1, 0.15) is 34.1 Å². The van der Waals surface area contributed by atoms with Crippen LogP contribution in [0.5, 0.6) is 0 Å². The Bertz CT molecular complexity index is 128. The van der Waals surface area contributed by atoms with Gasteiger partial charge in [0.25, 0.3) is 0 Å². The Hall–Kier alpha value is -0.0400. The number of hydrogen-bond donors (Lipinski definition) is 0. The predicted molar refractivity (Wildman–Crippen MR) is 52.7 cm³/mol. The molecule has 0 spiro atoms. The number of nitrogens with zero attached hydrogens (tertiary/aromatic N) is 1. The summed E-state index contributed by atoms with van der Waals surface area (Å²) in [5, 5.41) is 0. The zero-order valence-electron chi connectivity index (χ0n) is 7.89. The Labute approximate surface area is 74.9 Å². The second-order valence-corrected chi connectivity index (χ2v) is 4.19. The molecule has 0 saturated carbocycles. The van der Waals surface area contributed by atoms with Crippen molar-refractivity contribution in [3.63, 3.8) is 0 Å². The predicted octanol–water partition coefficient (Wildman–Crippen LogP) is 3.12. The molecule has 0 bridgehead atoms. The highest BCUT2D eigenvalue weighted by Crippen LogP contribution is 2.20. The van der Waals surface area contributed by atoms with E-state index < -0.39 is 0 Å². The Morgan fingerprint density at radius 2 is 2.00 bits per heavy atom. The van der Waals surface area contributed by atoms with E-state index >= 15 is 0 Å². The first-order valence-electron chi connectivity index (χ1n) is 4.05. The van der Waals surface area contributed by atoms with E-state index in [-0.39, 0.29) is 5.41 Å². The smallest absolute Gasteiger partial charge is 0.0439 e. The van der Waals surface area contributed by atoms with Crippen LogP contribution in [-0.2, 0) is 0 Å². The third kappa shape index (κ3) is 6.36. The van der Waals surface area contributed by atoms with E-state index in [2.05, 4.69) is 32.7 Å². The Balaban J connectivity index is 3.69. The van der Waals surface area contributed by atoms with E-state index in [1.54, 1.807) is 0 Å². The summed E-state index contributed by atoms with van der Waals surface area (Å²) in [5.74, 6) is 0.692. The lowest BCUT2D eigenvalue weighted by Gasteiger charge is -2.17. The number of rotatable bonds is 4. The van der Waals surface area contributed by atoms with Crippen molar-refractivity contribution in [1.82, 2.24) is 0 Å². The summed E-state index contributed by atoms with van der Waals surface area (Å²) in [6.45, 7) is 8.44. The summed E-state index contributed by atoms with van der Waals surface area (Å²) in [6, 6.07) is 0.404. The number of alkyl halides is 1. The second-order valence-electron chi connectivity index (χ2n) is 3.93. The molecule has 0 aliphatic rings. The van der Waals surface area contributed by atoms with Crippen molar-refractivity contribution in [3.8, 4) is 0 Å². The summed E-state index contributed by atoms with van der Waals surface area (Å²) < 4.78 is 0. The van der Waals surface area contributed by atoms with Gasteiger partial charge >= 0.3 is 0 Å². The number of aliphatic imine (C=N–C) groups is 1. The minimum absolute atomic E-state index is 0.194. The average Bonchev–Trinajstić information content (AvgIpc) is 1.87. The van der Waals surface area contributed by atoms with Gasteiger partial charge in [-0.3, -0.25) is 4.99 Å². The van der Waals surface area contributed by atoms with Gasteiger partial charge in [-0.2, -0.15) is 0 Å². The lowest BCUT2D eigenvalue weighted by Crippen LogP contribution is -2.13. The molecule has 0 rings (SSSR count). The number of halogens is 1. The molecule has 0 atom stereocenters. The molecule has 0 fully saturated rings. The van der Waals surface area contributed by atoms with Gasteiger partial charge in [0.1, 0.15) is 0 Å². The topological polar surface area (TPSA) is 12.4 Å². The molecule has 1 nitrogen and oxygen atoms in total. The molecule has 0 heterocycles. The summed E-state index contributed by atoms with van der Waals surface area (Å²) >= 11 is 5.75. The van der Waals surface area contributed by atoms with Crippen molar-refractivity contribution in [3.05, 3.63) is 0 Å². The summed E-state index contributed by atoms with van der Waals surface area (Å²) in [5.41, 5.74) is 0.194. The van der Waals surface area contributed by atoms with Crippen LogP contribution in [0.25, 0.3) is 0 Å². The van der Waals surface area contributed by atoms with Crippen molar-refractivity contribution in [2.24, 2.45) is 10.4 Å². The van der Waals surface area contributed by atoms with Crippen molar-refractivity contribution in [2.75, 3.05) is 5.88 Å². The maximum Gasteiger partial charge on any atom is 0.0439 e. The molecule has 0 aliphatic carbocycles. The molecule has 2 heteroatoms. The number of hydrogen-bond acceptors (Lipinski definition) is 1. The molecular formula is C9H18ClN. The largest absolute Gasteiger partial charge is 0.295 e. The third-order valence-electron chi connectivity index (χ3n) is 1.41. The summed E-state index contributed by atoms with van der Waals surface area (Å²) in [7, 11) is 0. The molecule has 0 radical (unpaired) electrons. The fourth-order valence-corrected chi connectivity index (χ4v) is 0.674. The van der Waals surface area contributed by atoms with Gasteiger partial charge in [-0.25, -0.2) is 0 Å². The average molecular weight is 176 g/mol. The van der Waals surface area contributed by atoms with Gasteiger partial charge in [-0.1, -0.05) is 13.8 Å². The molecule has 0 aromatic heterocycles. The summed E-state index contributed by atoms with van der Waals surface area (Å²) in [6.07, 6.45) is 2.95. The lowest BCUT2D eigenvalue weighted by molar-refractivity contribution is 0.444. The van der Waals surface area contributed by atoms with Gasteiger partial charge in [-0.05, 0) is 31.9 Å². The van der Waals surface area contributed by atoms with Crippen molar-refractivity contribution < 1.29 is 0 Å². The molecule has 0 aliphatic heterocycles. The molecule has 0 aromatic carbocycles. The first-order valence-corrected chi connectivity index (χ1v) is 4.59. The Morgan fingerprint density at radius 3 is 2.36 bits per heavy atom. The molecule has 0 N–H and O–H groups in total. The standard InChI is InChI=1S/C9H18ClN/c1-8(2)11-6-5-9(3,4)7-10/h6,8H,5,7H2,1-4H3. The Morgan fingerprint density at radius 1 is 1.45 bits per heavy atom. The minimum Gasteiger partial charge on any atom is -0.295 e. The van der Waals surface area contributed by atoms with E-state index in [0.29, 0.717) is 11.9 Å². The maximum atomic E-state index is 5.75. The van der Waals surface area contributed by atoms with Crippen LogP contribution < -0.4 is 0 Å². The molecule has 0 saturated heterocycles. The molecular weight excluding hydrogens is 158 g/mol. The van der Waals surface area contributed by atoms with Crippen LogP contribution in [0.15, 0.2) is 4.99 Å². The Kier molecular flexibility index (Phi) is 4.74. The van der Waals surface area contributed by atoms with Crippen LogP contribution >= 0.6 is 11.6 Å². The monoisotopic (exact) mass is 175 g/mol. The molecule has 0 aromatic rings. The minimum atomic E-state index is 0.194. The van der Waals surface area contributed by atoms with Gasteiger partial charge in [0.05, 0.1) is 0 Å². The molecule has 11 heavy (non-hydrogen) atoms. The van der Waals surface area contributed by atoms with Crippen LogP contribution in [0.2, 0.25) is 0 Å². The van der Waals surface area contributed by atoms with Crippen molar-refractivity contribution in [1.29, 1.82) is 0 Å². The van der Waals surface area contributed by atoms with Crippen molar-refractivity contribution >= 4 is 17.8 Å². The quantitative estimate of drug-likeness (QED) is 0.460. The highest BCUT2D eigenvalue weighted by molar-refractivity contribution is 6.18. The van der Waals surface area contributed by atoms with Crippen LogP contribution in [-0.4, -0.2) is 18.1 Å². The normalized spacial score (nSPS) is 13.3. The van der Waals surface area contributed by atoms with Crippen LogP contribution in [0.4, 0.5) is 0 Å². The van der Waals surface area contributed by atoms with E-state index in [1.807, 2.05) is 6.21 Å². The van der Waals surface area contributed by atoms with E-state index in [1.165, 1.54) is 0 Å². The fraction of sp³-hybridized carbons (Fsp3) is 0.889. The highest BCUT2D eigenvalue weighted by Gasteiger charge is 2.13. The van der Waals surface area contributed by atoms with E-state index in [4.69, 9.17) is 11.6 Å². The van der Waals surface area contributed by atoms with Crippen molar-refractivity contribution in [2.45, 2.75) is 40.2 Å². The van der Waals surface area contributed by atoms with Gasteiger partial charge in [0.15, 0.2) is 0 Å². The highest BCUT2D eigenvalue weighted by atomic mass is 35.5. The maximum absolute atomic E-state index is 5.75. The van der Waals surface area contributed by atoms with Gasteiger partial charge in [0.2, 0.25) is 0 Å².